The number of aryl methyl sites for hydroxylation is 2. The van der Waals surface area contributed by atoms with E-state index in [9.17, 15) is 16.8 Å². The maximum Gasteiger partial charge on any atom is 0.339 e. The third-order valence-corrected chi connectivity index (χ3v) is 11.6. The predicted octanol–water partition coefficient (Wildman–Crippen LogP) is 9.68. The van der Waals surface area contributed by atoms with Crippen LogP contribution >= 0.6 is 0 Å². The highest BCUT2D eigenvalue weighted by Crippen LogP contribution is 2.47. The zero-order chi connectivity index (χ0) is 37.6. The van der Waals surface area contributed by atoms with Gasteiger partial charge in [-0.1, -0.05) is 132 Å². The highest BCUT2D eigenvalue weighted by atomic mass is 32.2. The summed E-state index contributed by atoms with van der Waals surface area (Å²) < 4.78 is 65.3. The average Bonchev–Trinajstić information content (AvgIpc) is 3.15. The molecule has 0 amide bonds. The third-order valence-electron chi connectivity index (χ3n) is 9.15. The van der Waals surface area contributed by atoms with Crippen molar-refractivity contribution >= 4 is 20.2 Å². The molecule has 0 N–H and O–H groups in total. The van der Waals surface area contributed by atoms with Gasteiger partial charge in [-0.25, -0.2) is 0 Å². The summed E-state index contributed by atoms with van der Waals surface area (Å²) in [6.07, 6.45) is 4.08. The summed E-state index contributed by atoms with van der Waals surface area (Å²) in [5.74, 6) is 0.392. The van der Waals surface area contributed by atoms with Crippen LogP contribution in [0.15, 0.2) is 181 Å². The molecule has 0 saturated carbocycles. The maximum absolute atomic E-state index is 13.4. The number of rotatable bonds is 14. The molecule has 0 bridgehead atoms. The molecule has 6 nitrogen and oxygen atoms in total. The van der Waals surface area contributed by atoms with Gasteiger partial charge in [0.15, 0.2) is 0 Å². The molecule has 0 unspecified atom stereocenters. The molecule has 0 spiro atoms. The van der Waals surface area contributed by atoms with Crippen molar-refractivity contribution in [3.8, 4) is 11.5 Å². The number of hydrogen-bond acceptors (Lipinski definition) is 6. The van der Waals surface area contributed by atoms with Gasteiger partial charge in [0.25, 0.3) is 0 Å². The van der Waals surface area contributed by atoms with Crippen LogP contribution in [0.25, 0.3) is 0 Å². The van der Waals surface area contributed by atoms with E-state index < -0.39 is 25.7 Å². The summed E-state index contributed by atoms with van der Waals surface area (Å²) in [5.41, 5.74) is 5.68. The van der Waals surface area contributed by atoms with Crippen molar-refractivity contribution < 1.29 is 25.2 Å². The summed E-state index contributed by atoms with van der Waals surface area (Å²) in [6.45, 7) is 11.7. The van der Waals surface area contributed by atoms with E-state index in [2.05, 4.69) is 13.2 Å². The zero-order valence-electron chi connectivity index (χ0n) is 29.6. The Hall–Kier alpha value is -5.70. The monoisotopic (exact) mass is 740 g/mol. The van der Waals surface area contributed by atoms with E-state index in [1.165, 1.54) is 24.3 Å². The molecule has 8 heteroatoms. The van der Waals surface area contributed by atoms with Crippen LogP contribution in [0.3, 0.4) is 0 Å². The standard InChI is InChI=1S/C45H40O6S2/c1-5-13-35-31-39(23-29-43(35)50-52(46,47)41-25-19-33(3)20-26-41)45(37-15-9-7-10-16-37,38-17-11-8-12-18-38)40-24-30-44(36(32-40)14-6-2)51-53(48,49)42-27-21-34(4)22-28-42/h5-12,15-32H,1-2,13-14H2,3-4H3. The first-order chi connectivity index (χ1) is 25.5. The zero-order valence-corrected chi connectivity index (χ0v) is 31.2. The molecule has 0 aliphatic heterocycles. The Morgan fingerprint density at radius 1 is 0.491 bits per heavy atom. The molecule has 0 saturated heterocycles. The molecule has 0 heterocycles. The molecule has 0 atom stereocenters. The lowest BCUT2D eigenvalue weighted by Gasteiger charge is -2.37. The number of hydrogen-bond donors (Lipinski definition) is 0. The van der Waals surface area contributed by atoms with Crippen molar-refractivity contribution in [2.75, 3.05) is 0 Å². The lowest BCUT2D eigenvalue weighted by molar-refractivity contribution is 0.482. The van der Waals surface area contributed by atoms with Crippen LogP contribution in [0.2, 0.25) is 0 Å². The molecule has 6 aromatic carbocycles. The van der Waals surface area contributed by atoms with Gasteiger partial charge in [-0.2, -0.15) is 16.8 Å². The molecular weight excluding hydrogens is 701 g/mol. The van der Waals surface area contributed by atoms with E-state index in [-0.39, 0.29) is 21.3 Å². The Balaban J connectivity index is 1.56. The molecular formula is C45H40O6S2. The Morgan fingerprint density at radius 2 is 0.849 bits per heavy atom. The molecule has 0 aliphatic carbocycles. The average molecular weight is 741 g/mol. The van der Waals surface area contributed by atoms with Gasteiger partial charge in [0.2, 0.25) is 0 Å². The summed E-state index contributed by atoms with van der Waals surface area (Å²) in [4.78, 5) is 0.113. The van der Waals surface area contributed by atoms with Crippen molar-refractivity contribution in [2.24, 2.45) is 0 Å². The second kappa shape index (κ2) is 15.5. The molecule has 0 radical (unpaired) electrons. The minimum Gasteiger partial charge on any atom is -0.379 e. The van der Waals surface area contributed by atoms with Gasteiger partial charge in [-0.15, -0.1) is 13.2 Å². The highest BCUT2D eigenvalue weighted by molar-refractivity contribution is 7.87. The molecule has 0 fully saturated rings. The van der Waals surface area contributed by atoms with Crippen molar-refractivity contribution in [3.05, 3.63) is 215 Å². The van der Waals surface area contributed by atoms with E-state index in [0.717, 1.165) is 33.4 Å². The Kier molecular flexibility index (Phi) is 10.8. The van der Waals surface area contributed by atoms with Gasteiger partial charge < -0.3 is 8.37 Å². The number of allylic oxidation sites excluding steroid dienone is 2. The fraction of sp³-hybridized carbons (Fsp3) is 0.111. The Morgan fingerprint density at radius 3 is 1.19 bits per heavy atom. The predicted molar refractivity (Wildman–Crippen MR) is 211 cm³/mol. The Labute approximate surface area is 313 Å². The van der Waals surface area contributed by atoms with Crippen LogP contribution in [-0.2, 0) is 38.5 Å². The summed E-state index contributed by atoms with van der Waals surface area (Å²) >= 11 is 0. The smallest absolute Gasteiger partial charge is 0.339 e. The number of benzene rings is 6. The highest BCUT2D eigenvalue weighted by Gasteiger charge is 2.39. The maximum atomic E-state index is 13.4. The largest absolute Gasteiger partial charge is 0.379 e. The topological polar surface area (TPSA) is 86.7 Å². The normalized spacial score (nSPS) is 11.8. The first-order valence-corrected chi connectivity index (χ1v) is 19.9. The molecule has 268 valence electrons. The van der Waals surface area contributed by atoms with Crippen LogP contribution in [0, 0.1) is 13.8 Å². The first kappa shape index (κ1) is 37.1. The van der Waals surface area contributed by atoms with Crippen LogP contribution in [0.4, 0.5) is 0 Å². The fourth-order valence-corrected chi connectivity index (χ4v) is 8.47. The second-order valence-electron chi connectivity index (χ2n) is 12.8. The van der Waals surface area contributed by atoms with Crippen molar-refractivity contribution in [1.29, 1.82) is 0 Å². The van der Waals surface area contributed by atoms with Crippen LogP contribution in [0.1, 0.15) is 44.5 Å². The van der Waals surface area contributed by atoms with Gasteiger partial charge in [0, 0.05) is 0 Å². The molecule has 0 aromatic heterocycles. The van der Waals surface area contributed by atoms with Crippen LogP contribution in [-0.4, -0.2) is 16.8 Å². The summed E-state index contributed by atoms with van der Waals surface area (Å²) in [5, 5.41) is 0. The van der Waals surface area contributed by atoms with Gasteiger partial charge >= 0.3 is 20.2 Å². The molecule has 6 aromatic rings. The van der Waals surface area contributed by atoms with Crippen LogP contribution < -0.4 is 8.37 Å². The molecule has 0 aliphatic rings. The minimum atomic E-state index is -4.14. The third kappa shape index (κ3) is 7.75. The van der Waals surface area contributed by atoms with Crippen LogP contribution in [0.5, 0.6) is 11.5 Å². The van der Waals surface area contributed by atoms with Gasteiger partial charge in [-0.05, 0) is 96.5 Å². The van der Waals surface area contributed by atoms with Gasteiger partial charge in [-0.3, -0.25) is 0 Å². The van der Waals surface area contributed by atoms with E-state index in [1.54, 1.807) is 48.6 Å². The van der Waals surface area contributed by atoms with E-state index >= 15 is 0 Å². The van der Waals surface area contributed by atoms with Crippen molar-refractivity contribution in [2.45, 2.75) is 41.9 Å². The lowest BCUT2D eigenvalue weighted by Crippen LogP contribution is -2.31. The van der Waals surface area contributed by atoms with E-state index in [4.69, 9.17) is 8.37 Å². The second-order valence-corrected chi connectivity index (χ2v) is 15.9. The fourth-order valence-electron chi connectivity index (χ4n) is 6.54. The van der Waals surface area contributed by atoms with E-state index in [0.29, 0.717) is 24.0 Å². The quantitative estimate of drug-likeness (QED) is 0.0628. The van der Waals surface area contributed by atoms with Crippen molar-refractivity contribution in [3.63, 3.8) is 0 Å². The Bertz CT molecular complexity index is 2280. The SMILES string of the molecule is C=CCc1cc(C(c2ccccc2)(c2ccccc2)c2ccc(OS(=O)(=O)c3ccc(C)cc3)c(CC=C)c2)ccc1OS(=O)(=O)c1ccc(C)cc1. The summed E-state index contributed by atoms with van der Waals surface area (Å²) in [7, 11) is -8.27. The van der Waals surface area contributed by atoms with Gasteiger partial charge in [0.1, 0.15) is 21.3 Å². The lowest BCUT2D eigenvalue weighted by atomic mass is 9.64. The van der Waals surface area contributed by atoms with Gasteiger partial charge in [0.05, 0.1) is 5.41 Å². The molecule has 6 rings (SSSR count). The summed E-state index contributed by atoms with van der Waals surface area (Å²) in [6, 6.07) is 44.1. The molecule has 53 heavy (non-hydrogen) atoms. The minimum absolute atomic E-state index is 0.0566. The van der Waals surface area contributed by atoms with Crippen molar-refractivity contribution in [1.82, 2.24) is 0 Å². The first-order valence-electron chi connectivity index (χ1n) is 17.1. The van der Waals surface area contributed by atoms with E-state index in [1.807, 2.05) is 98.8 Å².